The van der Waals surface area contributed by atoms with E-state index in [0.717, 1.165) is 25.7 Å². The first-order valence-electron chi connectivity index (χ1n) is 8.67. The molecule has 0 saturated carbocycles. The molecule has 4 nitrogen and oxygen atoms in total. The van der Waals surface area contributed by atoms with Crippen molar-refractivity contribution in [2.75, 3.05) is 0 Å². The summed E-state index contributed by atoms with van der Waals surface area (Å²) in [5.41, 5.74) is -0.929. The summed E-state index contributed by atoms with van der Waals surface area (Å²) >= 11 is 0. The zero-order valence-corrected chi connectivity index (χ0v) is 15.1. The van der Waals surface area contributed by atoms with Gasteiger partial charge in [0.05, 0.1) is 17.4 Å². The Morgan fingerprint density at radius 2 is 1.59 bits per heavy atom. The molecule has 2 atom stereocenters. The normalized spacial score (nSPS) is 15.6. The van der Waals surface area contributed by atoms with Gasteiger partial charge in [0.25, 0.3) is 0 Å². The van der Waals surface area contributed by atoms with Crippen molar-refractivity contribution in [1.82, 2.24) is 0 Å². The lowest BCUT2D eigenvalue weighted by molar-refractivity contribution is -0.176. The second-order valence-electron chi connectivity index (χ2n) is 6.79. The third-order valence-electron chi connectivity index (χ3n) is 4.46. The molecule has 0 aliphatic rings. The molecule has 0 fully saturated rings. The van der Waals surface area contributed by atoms with Crippen LogP contribution in [-0.2, 0) is 14.3 Å². The van der Waals surface area contributed by atoms with Crippen molar-refractivity contribution in [2.45, 2.75) is 86.2 Å². The number of carbonyl (C=O) groups is 2. The molecule has 0 amide bonds. The van der Waals surface area contributed by atoms with Crippen LogP contribution in [0.2, 0.25) is 0 Å². The van der Waals surface area contributed by atoms with Crippen LogP contribution in [0.25, 0.3) is 0 Å². The Balaban J connectivity index is 5.75. The zero-order valence-electron chi connectivity index (χ0n) is 15.1. The maximum absolute atomic E-state index is 12.8. The van der Waals surface area contributed by atoms with Gasteiger partial charge in [-0.1, -0.05) is 53.4 Å². The van der Waals surface area contributed by atoms with E-state index in [4.69, 9.17) is 4.74 Å². The van der Waals surface area contributed by atoms with Crippen molar-refractivity contribution in [1.29, 1.82) is 0 Å². The van der Waals surface area contributed by atoms with Gasteiger partial charge in [-0.3, -0.25) is 9.59 Å². The molecule has 1 N–H and O–H groups in total. The fourth-order valence-electron chi connectivity index (χ4n) is 3.15. The predicted octanol–water partition coefficient (Wildman–Crippen LogP) is 4.66. The van der Waals surface area contributed by atoms with Crippen molar-refractivity contribution in [3.63, 3.8) is 0 Å². The molecular weight excluding hydrogens is 280 g/mol. The molecule has 0 aromatic carbocycles. The Labute approximate surface area is 135 Å². The van der Waals surface area contributed by atoms with E-state index in [0.29, 0.717) is 12.8 Å². The molecule has 130 valence electrons. The number of hydrogen-bond acceptors (Lipinski definition) is 3. The zero-order chi connectivity index (χ0) is 17.3. The second-order valence-corrected chi connectivity index (χ2v) is 6.79. The predicted molar refractivity (Wildman–Crippen MR) is 88.7 cm³/mol. The number of esters is 1. The van der Waals surface area contributed by atoms with E-state index in [-0.39, 0.29) is 18.0 Å². The fraction of sp³-hybridized carbons (Fsp3) is 0.889. The second kappa shape index (κ2) is 9.86. The van der Waals surface area contributed by atoms with Crippen molar-refractivity contribution < 1.29 is 19.4 Å². The minimum absolute atomic E-state index is 0.0664. The minimum Gasteiger partial charge on any atom is -0.481 e. The lowest BCUT2D eigenvalue weighted by Crippen LogP contribution is -2.48. The third kappa shape index (κ3) is 5.29. The quantitative estimate of drug-likeness (QED) is 0.563. The summed E-state index contributed by atoms with van der Waals surface area (Å²) in [5, 5.41) is 9.76. The van der Waals surface area contributed by atoms with Crippen LogP contribution >= 0.6 is 0 Å². The van der Waals surface area contributed by atoms with Gasteiger partial charge in [-0.05, 0) is 32.6 Å². The monoisotopic (exact) mass is 314 g/mol. The van der Waals surface area contributed by atoms with Crippen LogP contribution in [-0.4, -0.2) is 23.1 Å². The molecule has 0 aromatic heterocycles. The summed E-state index contributed by atoms with van der Waals surface area (Å²) in [6, 6.07) is 0. The number of rotatable bonds is 11. The van der Waals surface area contributed by atoms with E-state index in [2.05, 4.69) is 6.92 Å². The molecule has 0 radical (unpaired) electrons. The van der Waals surface area contributed by atoms with Crippen LogP contribution in [0, 0.1) is 17.3 Å². The highest BCUT2D eigenvalue weighted by Gasteiger charge is 2.51. The van der Waals surface area contributed by atoms with E-state index >= 15 is 0 Å². The van der Waals surface area contributed by atoms with Gasteiger partial charge in [0.2, 0.25) is 0 Å². The summed E-state index contributed by atoms with van der Waals surface area (Å²) < 4.78 is 5.48. The largest absolute Gasteiger partial charge is 0.481 e. The van der Waals surface area contributed by atoms with Crippen LogP contribution in [0.3, 0.4) is 0 Å². The van der Waals surface area contributed by atoms with Crippen molar-refractivity contribution in [3.05, 3.63) is 0 Å². The molecule has 0 rings (SSSR count). The summed E-state index contributed by atoms with van der Waals surface area (Å²) in [4.78, 5) is 24.7. The molecule has 2 unspecified atom stereocenters. The Morgan fingerprint density at radius 3 is 1.95 bits per heavy atom. The topological polar surface area (TPSA) is 63.6 Å². The van der Waals surface area contributed by atoms with E-state index < -0.39 is 17.3 Å². The molecule has 0 spiro atoms. The average molecular weight is 314 g/mol. The highest BCUT2D eigenvalue weighted by Crippen LogP contribution is 2.45. The lowest BCUT2D eigenvalue weighted by Gasteiger charge is -2.40. The van der Waals surface area contributed by atoms with Crippen molar-refractivity contribution in [3.8, 4) is 0 Å². The van der Waals surface area contributed by atoms with Gasteiger partial charge in [0.1, 0.15) is 0 Å². The van der Waals surface area contributed by atoms with Crippen LogP contribution in [0.1, 0.15) is 80.1 Å². The van der Waals surface area contributed by atoms with Gasteiger partial charge in [-0.15, -0.1) is 0 Å². The van der Waals surface area contributed by atoms with E-state index in [1.54, 1.807) is 0 Å². The Bertz CT molecular complexity index is 349. The summed E-state index contributed by atoms with van der Waals surface area (Å²) in [6.07, 6.45) is 4.38. The molecule has 0 aliphatic heterocycles. The van der Waals surface area contributed by atoms with E-state index in [9.17, 15) is 14.7 Å². The third-order valence-corrected chi connectivity index (χ3v) is 4.46. The molecule has 22 heavy (non-hydrogen) atoms. The summed E-state index contributed by atoms with van der Waals surface area (Å²) in [7, 11) is 0. The highest BCUT2D eigenvalue weighted by atomic mass is 16.5. The Hall–Kier alpha value is -1.06. The van der Waals surface area contributed by atoms with Gasteiger partial charge in [-0.25, -0.2) is 0 Å². The van der Waals surface area contributed by atoms with Gasteiger partial charge < -0.3 is 9.84 Å². The van der Waals surface area contributed by atoms with Crippen LogP contribution in [0.4, 0.5) is 0 Å². The first-order chi connectivity index (χ1) is 10.2. The number of carboxylic acid groups (broad SMARTS) is 1. The van der Waals surface area contributed by atoms with Gasteiger partial charge in [0, 0.05) is 0 Å². The molecule has 0 saturated heterocycles. The number of ether oxygens (including phenoxy) is 1. The van der Waals surface area contributed by atoms with Gasteiger partial charge >= 0.3 is 11.9 Å². The standard InChI is InChI=1S/C18H34O4/c1-7-9-11-15(16(19)20)18(13(3)4,12-10-8-2)17(21)22-14(5)6/h13-15H,7-12H2,1-6H3,(H,19,20). The van der Waals surface area contributed by atoms with E-state index in [1.807, 2.05) is 34.6 Å². The van der Waals surface area contributed by atoms with Gasteiger partial charge in [0.15, 0.2) is 0 Å². The minimum atomic E-state index is -0.929. The average Bonchev–Trinajstić information content (AvgIpc) is 2.40. The number of unbranched alkanes of at least 4 members (excludes halogenated alkanes) is 2. The molecular formula is C18H34O4. The lowest BCUT2D eigenvalue weighted by atomic mass is 9.63. The molecule has 0 aliphatic carbocycles. The molecule has 4 heteroatoms. The van der Waals surface area contributed by atoms with E-state index in [1.165, 1.54) is 0 Å². The van der Waals surface area contributed by atoms with Crippen molar-refractivity contribution >= 4 is 11.9 Å². The smallest absolute Gasteiger partial charge is 0.313 e. The number of carboxylic acids is 1. The van der Waals surface area contributed by atoms with Gasteiger partial charge in [-0.2, -0.15) is 0 Å². The maximum Gasteiger partial charge on any atom is 0.313 e. The molecule has 0 heterocycles. The fourth-order valence-corrected chi connectivity index (χ4v) is 3.15. The first kappa shape index (κ1) is 20.9. The summed E-state index contributed by atoms with van der Waals surface area (Å²) in [6.45, 7) is 11.6. The Morgan fingerprint density at radius 1 is 1.05 bits per heavy atom. The summed E-state index contributed by atoms with van der Waals surface area (Å²) in [5.74, 6) is -1.96. The van der Waals surface area contributed by atoms with Crippen LogP contribution < -0.4 is 0 Å². The maximum atomic E-state index is 12.8. The number of carbonyl (C=O) groups excluding carboxylic acids is 1. The number of aliphatic carboxylic acids is 1. The van der Waals surface area contributed by atoms with Crippen LogP contribution in [0.5, 0.6) is 0 Å². The number of hydrogen-bond donors (Lipinski definition) is 1. The van der Waals surface area contributed by atoms with Crippen LogP contribution in [0.15, 0.2) is 0 Å². The van der Waals surface area contributed by atoms with Crippen molar-refractivity contribution in [2.24, 2.45) is 17.3 Å². The molecule has 0 aromatic rings. The Kier molecular flexibility index (Phi) is 9.38. The SMILES string of the molecule is CCCCC(C(=O)O)C(CCCC)(C(=O)OC(C)C)C(C)C. The molecule has 0 bridgehead atoms. The first-order valence-corrected chi connectivity index (χ1v) is 8.67. The highest BCUT2D eigenvalue weighted by molar-refractivity contribution is 5.85.